The molecule has 0 unspecified atom stereocenters. The average molecular weight is 369 g/mol. The second-order valence-electron chi connectivity index (χ2n) is 4.68. The molecule has 8 heteroatoms. The van der Waals surface area contributed by atoms with E-state index in [-0.39, 0.29) is 21.2 Å². The van der Waals surface area contributed by atoms with E-state index < -0.39 is 23.5 Å². The standard InChI is InChI=1S/C16H10Cl2O6/c17-11-7-6-10(8-12(11)18)16(14(20)21,15(22)23)24-13(19)9-4-2-1-3-5-9/h1-8H,(H,20,21)(H,22,23). The SMILES string of the molecule is O=C(OC(C(=O)O)(C(=O)O)c1ccc(Cl)c(Cl)c1)c1ccccc1. The predicted octanol–water partition coefficient (Wildman–Crippen LogP) is 3.21. The number of ether oxygens (including phenoxy) is 1. The number of aliphatic carboxylic acids is 2. The summed E-state index contributed by atoms with van der Waals surface area (Å²) in [4.78, 5) is 35.6. The van der Waals surface area contributed by atoms with Gasteiger partial charge in [-0.3, -0.25) is 0 Å². The monoisotopic (exact) mass is 368 g/mol. The number of carbonyl (C=O) groups is 3. The number of halogens is 2. The maximum Gasteiger partial charge on any atom is 0.365 e. The highest BCUT2D eigenvalue weighted by Crippen LogP contribution is 2.33. The van der Waals surface area contributed by atoms with Crippen molar-refractivity contribution in [3.63, 3.8) is 0 Å². The fourth-order valence-corrected chi connectivity index (χ4v) is 2.27. The zero-order valence-electron chi connectivity index (χ0n) is 11.9. The number of rotatable bonds is 5. The van der Waals surface area contributed by atoms with Gasteiger partial charge >= 0.3 is 23.5 Å². The summed E-state index contributed by atoms with van der Waals surface area (Å²) < 4.78 is 4.89. The Morgan fingerprint density at radius 3 is 1.96 bits per heavy atom. The highest BCUT2D eigenvalue weighted by molar-refractivity contribution is 6.42. The third-order valence-electron chi connectivity index (χ3n) is 3.18. The van der Waals surface area contributed by atoms with Crippen LogP contribution in [0.5, 0.6) is 0 Å². The van der Waals surface area contributed by atoms with Crippen LogP contribution in [-0.2, 0) is 19.9 Å². The summed E-state index contributed by atoms with van der Waals surface area (Å²) in [6, 6.07) is 10.8. The lowest BCUT2D eigenvalue weighted by Gasteiger charge is -2.25. The van der Waals surface area contributed by atoms with Crippen LogP contribution in [0.1, 0.15) is 15.9 Å². The smallest absolute Gasteiger partial charge is 0.365 e. The molecule has 2 rings (SSSR count). The van der Waals surface area contributed by atoms with Crippen molar-refractivity contribution in [2.45, 2.75) is 5.60 Å². The molecule has 0 aliphatic carbocycles. The molecule has 0 bridgehead atoms. The normalized spacial score (nSPS) is 10.9. The number of benzene rings is 2. The van der Waals surface area contributed by atoms with Crippen molar-refractivity contribution in [3.8, 4) is 0 Å². The molecule has 2 aromatic rings. The molecule has 0 spiro atoms. The van der Waals surface area contributed by atoms with Crippen LogP contribution >= 0.6 is 23.2 Å². The van der Waals surface area contributed by atoms with Crippen LogP contribution in [0.4, 0.5) is 0 Å². The Bertz CT molecular complexity index is 789. The summed E-state index contributed by atoms with van der Waals surface area (Å²) >= 11 is 11.6. The second-order valence-corrected chi connectivity index (χ2v) is 5.49. The van der Waals surface area contributed by atoms with Crippen molar-refractivity contribution in [2.75, 3.05) is 0 Å². The molecular formula is C16H10Cl2O6. The van der Waals surface area contributed by atoms with Gasteiger partial charge in [0.1, 0.15) is 0 Å². The van der Waals surface area contributed by atoms with E-state index in [2.05, 4.69) is 0 Å². The number of carbonyl (C=O) groups excluding carboxylic acids is 1. The summed E-state index contributed by atoms with van der Waals surface area (Å²) in [6.45, 7) is 0. The van der Waals surface area contributed by atoms with E-state index in [0.29, 0.717) is 0 Å². The lowest BCUT2D eigenvalue weighted by atomic mass is 9.93. The van der Waals surface area contributed by atoms with Crippen LogP contribution in [0.15, 0.2) is 48.5 Å². The molecule has 0 atom stereocenters. The summed E-state index contributed by atoms with van der Waals surface area (Å²) in [5.74, 6) is -4.86. The van der Waals surface area contributed by atoms with Crippen LogP contribution in [0.3, 0.4) is 0 Å². The maximum atomic E-state index is 12.2. The number of hydrogen-bond acceptors (Lipinski definition) is 4. The molecular weight excluding hydrogens is 359 g/mol. The van der Waals surface area contributed by atoms with Gasteiger partial charge in [0.2, 0.25) is 0 Å². The van der Waals surface area contributed by atoms with Crippen molar-refractivity contribution < 1.29 is 29.3 Å². The van der Waals surface area contributed by atoms with Gasteiger partial charge in [-0.1, -0.05) is 47.5 Å². The van der Waals surface area contributed by atoms with Gasteiger partial charge < -0.3 is 14.9 Å². The minimum Gasteiger partial charge on any atom is -0.478 e. The van der Waals surface area contributed by atoms with Crippen LogP contribution in [-0.4, -0.2) is 28.1 Å². The average Bonchev–Trinajstić information content (AvgIpc) is 2.55. The molecule has 2 aromatic carbocycles. The maximum absolute atomic E-state index is 12.2. The first-order chi connectivity index (χ1) is 11.3. The van der Waals surface area contributed by atoms with Gasteiger partial charge in [-0.05, 0) is 24.3 Å². The number of carboxylic acids is 2. The Morgan fingerprint density at radius 1 is 0.875 bits per heavy atom. The Labute approximate surface area is 146 Å². The third kappa shape index (κ3) is 3.20. The molecule has 0 fully saturated rings. The highest BCUT2D eigenvalue weighted by Gasteiger charge is 2.53. The Kier molecular flexibility index (Phi) is 5.11. The van der Waals surface area contributed by atoms with Crippen molar-refractivity contribution in [2.24, 2.45) is 0 Å². The Hall–Kier alpha value is -2.57. The first-order valence-electron chi connectivity index (χ1n) is 6.49. The van der Waals surface area contributed by atoms with E-state index in [9.17, 15) is 24.6 Å². The molecule has 0 radical (unpaired) electrons. The minimum atomic E-state index is -2.96. The zero-order chi connectivity index (χ0) is 17.9. The molecule has 0 amide bonds. The van der Waals surface area contributed by atoms with Crippen molar-refractivity contribution in [3.05, 3.63) is 69.7 Å². The van der Waals surface area contributed by atoms with E-state index in [0.717, 1.165) is 12.1 Å². The minimum absolute atomic E-state index is 0.00411. The van der Waals surface area contributed by atoms with E-state index in [4.69, 9.17) is 27.9 Å². The number of carboxylic acid groups (broad SMARTS) is 2. The lowest BCUT2D eigenvalue weighted by Crippen LogP contribution is -2.47. The largest absolute Gasteiger partial charge is 0.478 e. The molecule has 24 heavy (non-hydrogen) atoms. The quantitative estimate of drug-likeness (QED) is 0.620. The molecule has 6 nitrogen and oxygen atoms in total. The molecule has 0 aliphatic rings. The summed E-state index contributed by atoms with van der Waals surface area (Å²) in [5.41, 5.74) is -3.30. The first kappa shape index (κ1) is 17.8. The third-order valence-corrected chi connectivity index (χ3v) is 3.92. The van der Waals surface area contributed by atoms with Crippen LogP contribution in [0.2, 0.25) is 10.0 Å². The van der Waals surface area contributed by atoms with Crippen LogP contribution in [0, 0.1) is 0 Å². The van der Waals surface area contributed by atoms with E-state index in [1.165, 1.54) is 30.3 Å². The second kappa shape index (κ2) is 6.90. The van der Waals surface area contributed by atoms with Crippen molar-refractivity contribution in [1.29, 1.82) is 0 Å². The lowest BCUT2D eigenvalue weighted by molar-refractivity contribution is -0.178. The predicted molar refractivity (Wildman–Crippen MR) is 85.3 cm³/mol. The van der Waals surface area contributed by atoms with Gasteiger partial charge in [0, 0.05) is 5.56 Å². The van der Waals surface area contributed by atoms with Gasteiger partial charge in [0.15, 0.2) is 0 Å². The summed E-state index contributed by atoms with van der Waals surface area (Å²) in [5, 5.41) is 19.0. The van der Waals surface area contributed by atoms with Crippen molar-refractivity contribution >= 4 is 41.1 Å². The molecule has 0 aromatic heterocycles. The van der Waals surface area contributed by atoms with Gasteiger partial charge in [-0.25, -0.2) is 14.4 Å². The zero-order valence-corrected chi connectivity index (χ0v) is 13.4. The molecule has 2 N–H and O–H groups in total. The molecule has 0 saturated carbocycles. The summed E-state index contributed by atoms with van der Waals surface area (Å²) in [6.07, 6.45) is 0. The fraction of sp³-hybridized carbons (Fsp3) is 0.0625. The molecule has 0 heterocycles. The topological polar surface area (TPSA) is 101 Å². The van der Waals surface area contributed by atoms with E-state index in [1.807, 2.05) is 0 Å². The van der Waals surface area contributed by atoms with Gasteiger partial charge in [0.25, 0.3) is 0 Å². The number of esters is 1. The van der Waals surface area contributed by atoms with Crippen LogP contribution < -0.4 is 0 Å². The van der Waals surface area contributed by atoms with Gasteiger partial charge in [-0.15, -0.1) is 0 Å². The fourth-order valence-electron chi connectivity index (χ4n) is 1.97. The number of hydrogen-bond donors (Lipinski definition) is 2. The van der Waals surface area contributed by atoms with Gasteiger partial charge in [0.05, 0.1) is 15.6 Å². The summed E-state index contributed by atoms with van der Waals surface area (Å²) in [7, 11) is 0. The highest BCUT2D eigenvalue weighted by atomic mass is 35.5. The molecule has 0 aliphatic heterocycles. The van der Waals surface area contributed by atoms with E-state index >= 15 is 0 Å². The van der Waals surface area contributed by atoms with E-state index in [1.54, 1.807) is 6.07 Å². The first-order valence-corrected chi connectivity index (χ1v) is 7.25. The van der Waals surface area contributed by atoms with Crippen molar-refractivity contribution in [1.82, 2.24) is 0 Å². The Balaban J connectivity index is 2.55. The Morgan fingerprint density at radius 2 is 1.46 bits per heavy atom. The van der Waals surface area contributed by atoms with Gasteiger partial charge in [-0.2, -0.15) is 0 Å². The molecule has 124 valence electrons. The molecule has 0 saturated heterocycles. The van der Waals surface area contributed by atoms with Crippen LogP contribution in [0.25, 0.3) is 0 Å².